The van der Waals surface area contributed by atoms with E-state index in [-0.39, 0.29) is 30.1 Å². The molecule has 2 aromatic rings. The van der Waals surface area contributed by atoms with Crippen molar-refractivity contribution in [3.63, 3.8) is 0 Å². The molecule has 1 aromatic heterocycles. The average molecular weight is 485 g/mol. The molecule has 2 atom stereocenters. The van der Waals surface area contributed by atoms with Gasteiger partial charge in [-0.15, -0.1) is 35.3 Å². The fourth-order valence-corrected chi connectivity index (χ4v) is 4.00. The van der Waals surface area contributed by atoms with Crippen LogP contribution in [-0.2, 0) is 11.2 Å². The minimum atomic E-state index is 0. The van der Waals surface area contributed by atoms with Crippen LogP contribution in [0.4, 0.5) is 0 Å². The number of aliphatic imine (C=N–C) groups is 1. The van der Waals surface area contributed by atoms with Gasteiger partial charge in [-0.2, -0.15) is 0 Å². The first kappa shape index (κ1) is 21.2. The number of thiophene rings is 1. The van der Waals surface area contributed by atoms with E-state index in [9.17, 15) is 0 Å². The van der Waals surface area contributed by atoms with Crippen LogP contribution in [0.1, 0.15) is 23.0 Å². The molecule has 6 heteroatoms. The van der Waals surface area contributed by atoms with E-state index >= 15 is 0 Å². The normalized spacial score (nSPS) is 19.8. The average Bonchev–Trinajstić information content (AvgIpc) is 3.33. The summed E-state index contributed by atoms with van der Waals surface area (Å²) in [5, 5.41) is 5.67. The first-order valence-electron chi connectivity index (χ1n) is 8.88. The summed E-state index contributed by atoms with van der Waals surface area (Å²) < 4.78 is 5.98. The number of nitrogens with one attached hydrogen (secondary N) is 1. The lowest BCUT2D eigenvalue weighted by atomic mass is 9.95. The standard InChI is InChI=1S/C20H27N3OS.HI/c1-21-20(23(2)12-10-18-9-6-14-25-18)22-15-17-11-13-24-19(17)16-7-4-3-5-8-16;/h3-9,14,17,19H,10-13,15H2,1-2H3,(H,21,22);1H. The van der Waals surface area contributed by atoms with Crippen LogP contribution in [0, 0.1) is 5.92 Å². The Morgan fingerprint density at radius 2 is 2.08 bits per heavy atom. The van der Waals surface area contributed by atoms with E-state index in [1.54, 1.807) is 0 Å². The maximum atomic E-state index is 5.98. The van der Waals surface area contributed by atoms with Crippen LogP contribution in [-0.4, -0.2) is 44.7 Å². The van der Waals surface area contributed by atoms with Gasteiger partial charge in [-0.3, -0.25) is 4.99 Å². The van der Waals surface area contributed by atoms with E-state index in [1.807, 2.05) is 18.4 Å². The highest BCUT2D eigenvalue weighted by Gasteiger charge is 2.29. The highest BCUT2D eigenvalue weighted by molar-refractivity contribution is 14.0. The number of ether oxygens (including phenoxy) is 1. The molecule has 2 unspecified atom stereocenters. The van der Waals surface area contributed by atoms with Crippen LogP contribution in [0.3, 0.4) is 0 Å². The molecule has 0 spiro atoms. The SMILES string of the molecule is CN=C(NCC1CCOC1c1ccccc1)N(C)CCc1cccs1.I. The van der Waals surface area contributed by atoms with Crippen molar-refractivity contribution in [2.45, 2.75) is 18.9 Å². The molecule has 1 aromatic carbocycles. The molecule has 1 aliphatic rings. The molecular weight excluding hydrogens is 457 g/mol. The zero-order valence-corrected chi connectivity index (χ0v) is 18.6. The van der Waals surface area contributed by atoms with Crippen LogP contribution < -0.4 is 5.32 Å². The first-order valence-corrected chi connectivity index (χ1v) is 9.76. The lowest BCUT2D eigenvalue weighted by Gasteiger charge is -2.25. The second kappa shape index (κ2) is 10.9. The second-order valence-electron chi connectivity index (χ2n) is 6.43. The summed E-state index contributed by atoms with van der Waals surface area (Å²) in [6, 6.07) is 14.8. The quantitative estimate of drug-likeness (QED) is 0.379. The maximum Gasteiger partial charge on any atom is 0.193 e. The minimum Gasteiger partial charge on any atom is -0.373 e. The third kappa shape index (κ3) is 5.69. The summed E-state index contributed by atoms with van der Waals surface area (Å²) in [5.74, 6) is 1.43. The van der Waals surface area contributed by atoms with Gasteiger partial charge in [0, 0.05) is 44.6 Å². The van der Waals surface area contributed by atoms with Gasteiger partial charge in [0.2, 0.25) is 0 Å². The molecule has 0 bridgehead atoms. The number of hydrogen-bond donors (Lipinski definition) is 1. The van der Waals surface area contributed by atoms with Gasteiger partial charge in [-0.05, 0) is 29.9 Å². The third-order valence-corrected chi connectivity index (χ3v) is 5.65. The molecule has 142 valence electrons. The summed E-state index contributed by atoms with van der Waals surface area (Å²) in [5.41, 5.74) is 1.27. The number of guanidine groups is 1. The van der Waals surface area contributed by atoms with E-state index in [2.05, 4.69) is 70.1 Å². The first-order chi connectivity index (χ1) is 12.3. The monoisotopic (exact) mass is 485 g/mol. The number of rotatable bonds is 6. The van der Waals surface area contributed by atoms with Crippen LogP contribution in [0.2, 0.25) is 0 Å². The predicted molar refractivity (Wildman–Crippen MR) is 121 cm³/mol. The lowest BCUT2D eigenvalue weighted by molar-refractivity contribution is 0.0914. The second-order valence-corrected chi connectivity index (χ2v) is 7.46. The summed E-state index contributed by atoms with van der Waals surface area (Å²) in [6.07, 6.45) is 2.32. The highest BCUT2D eigenvalue weighted by atomic mass is 127. The van der Waals surface area contributed by atoms with Gasteiger partial charge >= 0.3 is 0 Å². The van der Waals surface area contributed by atoms with Gasteiger partial charge in [0.1, 0.15) is 0 Å². The summed E-state index contributed by atoms with van der Waals surface area (Å²) in [6.45, 7) is 2.68. The molecule has 0 aliphatic carbocycles. The highest BCUT2D eigenvalue weighted by Crippen LogP contribution is 2.33. The largest absolute Gasteiger partial charge is 0.373 e. The van der Waals surface area contributed by atoms with Crippen molar-refractivity contribution >= 4 is 41.3 Å². The molecule has 1 aliphatic heterocycles. The Morgan fingerprint density at radius 3 is 2.77 bits per heavy atom. The van der Waals surface area contributed by atoms with E-state index in [0.717, 1.165) is 38.5 Å². The van der Waals surface area contributed by atoms with Crippen molar-refractivity contribution in [1.82, 2.24) is 10.2 Å². The van der Waals surface area contributed by atoms with E-state index in [4.69, 9.17) is 4.74 Å². The number of nitrogens with zero attached hydrogens (tertiary/aromatic N) is 2. The van der Waals surface area contributed by atoms with Gasteiger partial charge in [0.25, 0.3) is 0 Å². The zero-order chi connectivity index (χ0) is 17.5. The molecule has 1 N–H and O–H groups in total. The van der Waals surface area contributed by atoms with Crippen LogP contribution in [0.25, 0.3) is 0 Å². The number of likely N-dealkylation sites (N-methyl/N-ethyl adjacent to an activating group) is 1. The van der Waals surface area contributed by atoms with E-state index in [1.165, 1.54) is 10.4 Å². The molecule has 0 amide bonds. The number of hydrogen-bond acceptors (Lipinski definition) is 3. The Kier molecular flexibility index (Phi) is 8.87. The van der Waals surface area contributed by atoms with Gasteiger partial charge < -0.3 is 15.0 Å². The van der Waals surface area contributed by atoms with Crippen molar-refractivity contribution < 1.29 is 4.74 Å². The van der Waals surface area contributed by atoms with Crippen LogP contribution >= 0.6 is 35.3 Å². The smallest absolute Gasteiger partial charge is 0.193 e. The molecule has 0 radical (unpaired) electrons. The molecule has 3 rings (SSSR count). The molecular formula is C20H28IN3OS. The maximum absolute atomic E-state index is 5.98. The van der Waals surface area contributed by atoms with Gasteiger partial charge in [-0.1, -0.05) is 36.4 Å². The summed E-state index contributed by atoms with van der Waals surface area (Å²) in [4.78, 5) is 8.05. The fraction of sp³-hybridized carbons (Fsp3) is 0.450. The van der Waals surface area contributed by atoms with Gasteiger partial charge in [0.15, 0.2) is 5.96 Å². The Hall–Kier alpha value is -1.12. The summed E-state index contributed by atoms with van der Waals surface area (Å²) in [7, 11) is 3.95. The van der Waals surface area contributed by atoms with Crippen LogP contribution in [0.15, 0.2) is 52.8 Å². The van der Waals surface area contributed by atoms with Crippen molar-refractivity contribution in [3.8, 4) is 0 Å². The fourth-order valence-electron chi connectivity index (χ4n) is 3.30. The van der Waals surface area contributed by atoms with Crippen molar-refractivity contribution in [1.29, 1.82) is 0 Å². The Bertz CT molecular complexity index is 663. The van der Waals surface area contributed by atoms with Gasteiger partial charge in [0.05, 0.1) is 6.10 Å². The van der Waals surface area contributed by atoms with Crippen molar-refractivity contribution in [3.05, 3.63) is 58.3 Å². The molecule has 1 fully saturated rings. The topological polar surface area (TPSA) is 36.9 Å². The third-order valence-electron chi connectivity index (χ3n) is 4.71. The molecule has 2 heterocycles. The van der Waals surface area contributed by atoms with Crippen LogP contribution in [0.5, 0.6) is 0 Å². The van der Waals surface area contributed by atoms with E-state index in [0.29, 0.717) is 5.92 Å². The van der Waals surface area contributed by atoms with Gasteiger partial charge in [-0.25, -0.2) is 0 Å². The zero-order valence-electron chi connectivity index (χ0n) is 15.4. The number of benzene rings is 1. The number of halogens is 1. The Morgan fingerprint density at radius 1 is 1.27 bits per heavy atom. The molecule has 1 saturated heterocycles. The lowest BCUT2D eigenvalue weighted by Crippen LogP contribution is -2.42. The van der Waals surface area contributed by atoms with Crippen molar-refractivity contribution in [2.75, 3.05) is 33.8 Å². The Labute approximate surface area is 177 Å². The Balaban J connectivity index is 0.00000243. The molecule has 26 heavy (non-hydrogen) atoms. The molecule has 4 nitrogen and oxygen atoms in total. The van der Waals surface area contributed by atoms with Crippen molar-refractivity contribution in [2.24, 2.45) is 10.9 Å². The van der Waals surface area contributed by atoms with E-state index < -0.39 is 0 Å². The minimum absolute atomic E-state index is 0. The predicted octanol–water partition coefficient (Wildman–Crippen LogP) is 4.19. The summed E-state index contributed by atoms with van der Waals surface area (Å²) >= 11 is 1.81. The molecule has 0 saturated carbocycles.